The minimum absolute atomic E-state index is 0.0452. The van der Waals surface area contributed by atoms with Crippen LogP contribution in [-0.4, -0.2) is 50.5 Å². The highest BCUT2D eigenvalue weighted by Gasteiger charge is 2.31. The van der Waals surface area contributed by atoms with Crippen molar-refractivity contribution in [1.82, 2.24) is 10.2 Å². The third kappa shape index (κ3) is 7.05. The van der Waals surface area contributed by atoms with Crippen LogP contribution >= 0.6 is 0 Å². The van der Waals surface area contributed by atoms with E-state index in [0.29, 0.717) is 24.2 Å². The van der Waals surface area contributed by atoms with Crippen LogP contribution in [0.25, 0.3) is 0 Å². The van der Waals surface area contributed by atoms with Crippen LogP contribution in [0.5, 0.6) is 0 Å². The molecule has 0 aliphatic rings. The van der Waals surface area contributed by atoms with Gasteiger partial charge in [0.15, 0.2) is 0 Å². The summed E-state index contributed by atoms with van der Waals surface area (Å²) in [5.41, 5.74) is 0.987. The molecule has 0 radical (unpaired) electrons. The number of carbonyl (C=O) groups excluding carboxylic acids is 2. The first kappa shape index (κ1) is 25.3. The Bertz CT molecular complexity index is 998. The van der Waals surface area contributed by atoms with E-state index >= 15 is 0 Å². The van der Waals surface area contributed by atoms with Crippen LogP contribution in [0.2, 0.25) is 0 Å². The van der Waals surface area contributed by atoms with E-state index in [1.165, 1.54) is 29.2 Å². The summed E-state index contributed by atoms with van der Waals surface area (Å²) in [6.07, 6.45) is 2.11. The van der Waals surface area contributed by atoms with E-state index in [4.69, 9.17) is 0 Å². The van der Waals surface area contributed by atoms with Crippen LogP contribution in [-0.2, 0) is 26.2 Å². The minimum atomic E-state index is -3.76. The molecule has 2 aromatic rings. The Labute approximate surface area is 189 Å². The summed E-state index contributed by atoms with van der Waals surface area (Å²) < 4.78 is 39.2. The molecule has 2 rings (SSSR count). The number of hydrogen-bond acceptors (Lipinski definition) is 4. The predicted octanol–water partition coefficient (Wildman–Crippen LogP) is 2.93. The number of rotatable bonds is 11. The second kappa shape index (κ2) is 11.6. The summed E-state index contributed by atoms with van der Waals surface area (Å²) in [6.45, 7) is 3.76. The molecule has 0 saturated heterocycles. The van der Waals surface area contributed by atoms with Crippen LogP contribution in [0, 0.1) is 5.82 Å². The van der Waals surface area contributed by atoms with E-state index in [1.807, 2.05) is 6.92 Å². The zero-order chi connectivity index (χ0) is 23.7. The lowest BCUT2D eigenvalue weighted by Crippen LogP contribution is -2.52. The molecule has 0 saturated carbocycles. The quantitative estimate of drug-likeness (QED) is 0.555. The number of anilines is 1. The monoisotopic (exact) mass is 463 g/mol. The average Bonchev–Trinajstić information content (AvgIpc) is 2.76. The summed E-state index contributed by atoms with van der Waals surface area (Å²) in [4.78, 5) is 27.5. The van der Waals surface area contributed by atoms with Gasteiger partial charge in [0.2, 0.25) is 21.8 Å². The molecule has 1 atom stereocenters. The van der Waals surface area contributed by atoms with Gasteiger partial charge in [-0.2, -0.15) is 0 Å². The maximum Gasteiger partial charge on any atom is 0.244 e. The van der Waals surface area contributed by atoms with Crippen molar-refractivity contribution in [2.75, 3.05) is 23.7 Å². The Morgan fingerprint density at radius 1 is 1.03 bits per heavy atom. The van der Waals surface area contributed by atoms with Gasteiger partial charge in [0.05, 0.1) is 11.9 Å². The molecule has 2 aromatic carbocycles. The first-order chi connectivity index (χ1) is 15.2. The molecule has 0 unspecified atom stereocenters. The number of hydrogen-bond donors (Lipinski definition) is 1. The fraction of sp³-hybridized carbons (Fsp3) is 0.391. The molecule has 174 valence electrons. The van der Waals surface area contributed by atoms with E-state index in [2.05, 4.69) is 5.32 Å². The number of halogens is 1. The van der Waals surface area contributed by atoms with Crippen molar-refractivity contribution in [1.29, 1.82) is 0 Å². The van der Waals surface area contributed by atoms with Crippen molar-refractivity contribution in [3.8, 4) is 0 Å². The third-order valence-corrected chi connectivity index (χ3v) is 6.07. The highest BCUT2D eigenvalue weighted by atomic mass is 32.2. The second-order valence-corrected chi connectivity index (χ2v) is 9.38. The molecule has 2 amide bonds. The highest BCUT2D eigenvalue weighted by molar-refractivity contribution is 7.92. The molecule has 0 aliphatic carbocycles. The molecule has 0 fully saturated rings. The molecule has 1 N–H and O–H groups in total. The van der Waals surface area contributed by atoms with Crippen molar-refractivity contribution in [3.63, 3.8) is 0 Å². The molecule has 0 heterocycles. The van der Waals surface area contributed by atoms with Crippen LogP contribution in [0.1, 0.15) is 32.3 Å². The van der Waals surface area contributed by atoms with Crippen molar-refractivity contribution in [2.24, 2.45) is 0 Å². The van der Waals surface area contributed by atoms with Crippen LogP contribution < -0.4 is 9.62 Å². The molecule has 0 aromatic heterocycles. The van der Waals surface area contributed by atoms with E-state index in [9.17, 15) is 22.4 Å². The molecule has 0 spiro atoms. The Hall–Kier alpha value is -2.94. The number of nitrogens with one attached hydrogen (secondary N) is 1. The Kier molecular flexibility index (Phi) is 9.19. The zero-order valence-electron chi connectivity index (χ0n) is 18.6. The van der Waals surface area contributed by atoms with Crippen molar-refractivity contribution in [2.45, 2.75) is 39.3 Å². The molecule has 7 nitrogen and oxygen atoms in total. The van der Waals surface area contributed by atoms with E-state index in [-0.39, 0.29) is 12.5 Å². The largest absolute Gasteiger partial charge is 0.354 e. The van der Waals surface area contributed by atoms with Gasteiger partial charge in [-0.3, -0.25) is 13.9 Å². The van der Waals surface area contributed by atoms with Crippen LogP contribution in [0.3, 0.4) is 0 Å². The maximum atomic E-state index is 13.4. The number of amides is 2. The van der Waals surface area contributed by atoms with Crippen LogP contribution in [0.4, 0.5) is 10.1 Å². The first-order valence-corrected chi connectivity index (χ1v) is 12.4. The summed E-state index contributed by atoms with van der Waals surface area (Å²) in [5.74, 6) is -1.25. The van der Waals surface area contributed by atoms with E-state index in [1.54, 1.807) is 37.3 Å². The lowest BCUT2D eigenvalue weighted by atomic mass is 10.1. The standard InChI is InChI=1S/C23H30FN3O4S/c1-4-15-25-23(29)21(5-2)26(16-18-11-13-19(24)14-12-18)22(28)17-27(32(3,30)31)20-9-7-6-8-10-20/h6-14,21H,4-5,15-17H2,1-3H3,(H,25,29)/t21-/m1/s1. The number of sulfonamides is 1. The average molecular weight is 464 g/mol. The normalized spacial score (nSPS) is 12.1. The first-order valence-electron chi connectivity index (χ1n) is 10.5. The summed E-state index contributed by atoms with van der Waals surface area (Å²) in [7, 11) is -3.76. The van der Waals surface area contributed by atoms with Crippen molar-refractivity contribution >= 4 is 27.5 Å². The fourth-order valence-corrected chi connectivity index (χ4v) is 4.13. The highest BCUT2D eigenvalue weighted by Crippen LogP contribution is 2.19. The molecule has 9 heteroatoms. The second-order valence-electron chi connectivity index (χ2n) is 7.47. The molecular formula is C23H30FN3O4S. The predicted molar refractivity (Wildman–Crippen MR) is 123 cm³/mol. The summed E-state index contributed by atoms with van der Waals surface area (Å²) in [5, 5.41) is 2.80. The topological polar surface area (TPSA) is 86.8 Å². The lowest BCUT2D eigenvalue weighted by Gasteiger charge is -2.32. The lowest BCUT2D eigenvalue weighted by molar-refractivity contribution is -0.140. The van der Waals surface area contributed by atoms with E-state index < -0.39 is 34.3 Å². The Balaban J connectivity index is 2.38. The molecule has 0 bridgehead atoms. The Morgan fingerprint density at radius 2 is 1.66 bits per heavy atom. The van der Waals surface area contributed by atoms with Gasteiger partial charge in [0.25, 0.3) is 0 Å². The van der Waals surface area contributed by atoms with Crippen molar-refractivity contribution in [3.05, 3.63) is 66.0 Å². The van der Waals surface area contributed by atoms with Gasteiger partial charge in [-0.05, 0) is 42.7 Å². The Morgan fingerprint density at radius 3 is 2.19 bits per heavy atom. The van der Waals surface area contributed by atoms with Gasteiger partial charge in [-0.25, -0.2) is 12.8 Å². The smallest absolute Gasteiger partial charge is 0.244 e. The number of nitrogens with zero attached hydrogens (tertiary/aromatic N) is 2. The van der Waals surface area contributed by atoms with Gasteiger partial charge >= 0.3 is 0 Å². The van der Waals surface area contributed by atoms with Gasteiger partial charge in [-0.15, -0.1) is 0 Å². The van der Waals surface area contributed by atoms with Gasteiger partial charge in [-0.1, -0.05) is 44.2 Å². The van der Waals surface area contributed by atoms with Gasteiger partial charge < -0.3 is 10.2 Å². The van der Waals surface area contributed by atoms with E-state index in [0.717, 1.165) is 17.0 Å². The number of benzene rings is 2. The van der Waals surface area contributed by atoms with Crippen LogP contribution in [0.15, 0.2) is 54.6 Å². The van der Waals surface area contributed by atoms with Crippen molar-refractivity contribution < 1.29 is 22.4 Å². The zero-order valence-corrected chi connectivity index (χ0v) is 19.4. The fourth-order valence-electron chi connectivity index (χ4n) is 3.28. The van der Waals surface area contributed by atoms with Gasteiger partial charge in [0.1, 0.15) is 18.4 Å². The summed E-state index contributed by atoms with van der Waals surface area (Å²) in [6, 6.07) is 13.2. The third-order valence-electron chi connectivity index (χ3n) is 4.92. The molecule has 32 heavy (non-hydrogen) atoms. The number of para-hydroxylation sites is 1. The minimum Gasteiger partial charge on any atom is -0.354 e. The maximum absolute atomic E-state index is 13.4. The number of carbonyl (C=O) groups is 2. The molecule has 0 aliphatic heterocycles. The summed E-state index contributed by atoms with van der Waals surface area (Å²) >= 11 is 0. The SMILES string of the molecule is CCCNC(=O)[C@@H](CC)N(Cc1ccc(F)cc1)C(=O)CN(c1ccccc1)S(C)(=O)=O. The molecular weight excluding hydrogens is 433 g/mol. The van der Waals surface area contributed by atoms with Gasteiger partial charge in [0, 0.05) is 13.1 Å².